The third-order valence-electron chi connectivity index (χ3n) is 3.40. The monoisotopic (exact) mass is 281 g/mol. The van der Waals surface area contributed by atoms with E-state index in [-0.39, 0.29) is 11.3 Å². The zero-order valence-electron chi connectivity index (χ0n) is 11.0. The van der Waals surface area contributed by atoms with Crippen molar-refractivity contribution in [1.29, 1.82) is 0 Å². The van der Waals surface area contributed by atoms with Crippen LogP contribution in [0.5, 0.6) is 0 Å². The molecular formula is C12H16ClN5O. The molecule has 3 rings (SSSR count). The van der Waals surface area contributed by atoms with Crippen LogP contribution >= 0.6 is 11.6 Å². The third-order valence-corrected chi connectivity index (χ3v) is 3.57. The van der Waals surface area contributed by atoms with Gasteiger partial charge < -0.3 is 14.2 Å². The van der Waals surface area contributed by atoms with E-state index in [0.717, 1.165) is 30.1 Å². The fourth-order valence-electron chi connectivity index (χ4n) is 2.38. The van der Waals surface area contributed by atoms with Gasteiger partial charge in [0.05, 0.1) is 25.6 Å². The highest BCUT2D eigenvalue weighted by molar-refractivity contribution is 6.28. The molecule has 0 aliphatic carbocycles. The Hall–Kier alpha value is -1.40. The summed E-state index contributed by atoms with van der Waals surface area (Å²) in [5, 5.41) is 0.261. The standard InChI is InChI=1S/C12H16ClN5O/c1-3-17-7-14-9-10(17)15-12(13)16-11(9)18-4-5-19-6-8(18)2/h7-8H,3-6H2,1-2H3/t8-/m0/s1. The Morgan fingerprint density at radius 3 is 3.05 bits per heavy atom. The topological polar surface area (TPSA) is 56.1 Å². The molecule has 0 N–H and O–H groups in total. The van der Waals surface area contributed by atoms with E-state index in [4.69, 9.17) is 16.3 Å². The molecule has 0 unspecified atom stereocenters. The lowest BCUT2D eigenvalue weighted by molar-refractivity contribution is 0.0986. The molecule has 7 heteroatoms. The maximum atomic E-state index is 6.06. The fraction of sp³-hybridized carbons (Fsp3) is 0.583. The van der Waals surface area contributed by atoms with E-state index in [2.05, 4.69) is 26.8 Å². The molecule has 0 bridgehead atoms. The lowest BCUT2D eigenvalue weighted by atomic mass is 10.2. The van der Waals surface area contributed by atoms with Crippen molar-refractivity contribution in [2.24, 2.45) is 0 Å². The summed E-state index contributed by atoms with van der Waals surface area (Å²) in [6, 6.07) is 0.259. The first-order chi connectivity index (χ1) is 9.20. The number of rotatable bonds is 2. The molecule has 6 nitrogen and oxygen atoms in total. The molecule has 1 atom stereocenters. The van der Waals surface area contributed by atoms with Crippen LogP contribution in [-0.2, 0) is 11.3 Å². The summed E-state index contributed by atoms with van der Waals surface area (Å²) < 4.78 is 7.43. The van der Waals surface area contributed by atoms with Crippen LogP contribution in [0.25, 0.3) is 11.2 Å². The molecule has 0 spiro atoms. The minimum Gasteiger partial charge on any atom is -0.377 e. The summed E-state index contributed by atoms with van der Waals surface area (Å²) in [6.45, 7) is 7.15. The number of anilines is 1. The minimum absolute atomic E-state index is 0.259. The van der Waals surface area contributed by atoms with E-state index in [1.54, 1.807) is 6.33 Å². The van der Waals surface area contributed by atoms with Crippen LogP contribution in [0.2, 0.25) is 5.28 Å². The van der Waals surface area contributed by atoms with Crippen LogP contribution in [0.3, 0.4) is 0 Å². The second-order valence-corrected chi connectivity index (χ2v) is 4.97. The molecule has 1 fully saturated rings. The highest BCUT2D eigenvalue weighted by atomic mass is 35.5. The maximum absolute atomic E-state index is 6.06. The predicted octanol–water partition coefficient (Wildman–Crippen LogP) is 1.72. The van der Waals surface area contributed by atoms with Crippen LogP contribution < -0.4 is 4.90 Å². The van der Waals surface area contributed by atoms with Gasteiger partial charge in [-0.2, -0.15) is 9.97 Å². The largest absolute Gasteiger partial charge is 0.377 e. The van der Waals surface area contributed by atoms with E-state index in [9.17, 15) is 0 Å². The molecule has 0 radical (unpaired) electrons. The number of morpholine rings is 1. The Bertz CT molecular complexity index is 599. The molecule has 2 aromatic rings. The first kappa shape index (κ1) is 12.6. The highest BCUT2D eigenvalue weighted by Gasteiger charge is 2.24. The van der Waals surface area contributed by atoms with Gasteiger partial charge in [-0.1, -0.05) is 0 Å². The first-order valence-corrected chi connectivity index (χ1v) is 6.81. The van der Waals surface area contributed by atoms with Gasteiger partial charge in [0, 0.05) is 13.1 Å². The van der Waals surface area contributed by atoms with E-state index >= 15 is 0 Å². The molecule has 0 saturated carbocycles. The van der Waals surface area contributed by atoms with Gasteiger partial charge in [0.1, 0.15) is 0 Å². The molecule has 19 heavy (non-hydrogen) atoms. The molecule has 1 aliphatic rings. The number of fused-ring (bicyclic) bond motifs is 1. The van der Waals surface area contributed by atoms with Crippen LogP contribution in [0.15, 0.2) is 6.33 Å². The average Bonchev–Trinajstić information content (AvgIpc) is 2.81. The van der Waals surface area contributed by atoms with Crippen molar-refractivity contribution in [1.82, 2.24) is 19.5 Å². The molecule has 0 amide bonds. The van der Waals surface area contributed by atoms with Gasteiger partial charge in [0.25, 0.3) is 0 Å². The predicted molar refractivity (Wildman–Crippen MR) is 73.6 cm³/mol. The summed E-state index contributed by atoms with van der Waals surface area (Å²) in [7, 11) is 0. The molecule has 3 heterocycles. The zero-order valence-corrected chi connectivity index (χ0v) is 11.8. The van der Waals surface area contributed by atoms with Crippen LogP contribution in [0, 0.1) is 0 Å². The highest BCUT2D eigenvalue weighted by Crippen LogP contribution is 2.26. The summed E-state index contributed by atoms with van der Waals surface area (Å²) in [5.41, 5.74) is 1.59. The van der Waals surface area contributed by atoms with Gasteiger partial charge in [0.15, 0.2) is 17.0 Å². The second-order valence-electron chi connectivity index (χ2n) is 4.64. The second kappa shape index (κ2) is 4.94. The Morgan fingerprint density at radius 2 is 2.32 bits per heavy atom. The SMILES string of the molecule is CCn1cnc2c(N3CCOC[C@@H]3C)nc(Cl)nc21. The van der Waals surface area contributed by atoms with Crippen molar-refractivity contribution < 1.29 is 4.74 Å². The summed E-state index contributed by atoms with van der Waals surface area (Å²) in [4.78, 5) is 15.3. The fourth-order valence-corrected chi connectivity index (χ4v) is 2.54. The quantitative estimate of drug-likeness (QED) is 0.785. The van der Waals surface area contributed by atoms with Gasteiger partial charge in [-0.05, 0) is 25.4 Å². The molecule has 2 aromatic heterocycles. The van der Waals surface area contributed by atoms with E-state index < -0.39 is 0 Å². The Kier molecular flexibility index (Phi) is 3.28. The van der Waals surface area contributed by atoms with Crippen molar-refractivity contribution in [2.45, 2.75) is 26.4 Å². The van der Waals surface area contributed by atoms with Gasteiger partial charge in [0.2, 0.25) is 5.28 Å². The van der Waals surface area contributed by atoms with Crippen molar-refractivity contribution in [3.05, 3.63) is 11.6 Å². The number of aryl methyl sites for hydroxylation is 1. The summed E-state index contributed by atoms with van der Waals surface area (Å²) >= 11 is 6.06. The number of aromatic nitrogens is 4. The number of imidazole rings is 1. The van der Waals surface area contributed by atoms with E-state index in [1.807, 2.05) is 11.5 Å². The Labute approximate surface area is 116 Å². The van der Waals surface area contributed by atoms with Crippen molar-refractivity contribution >= 4 is 28.6 Å². The number of hydrogen-bond donors (Lipinski definition) is 0. The molecule has 0 aromatic carbocycles. The maximum Gasteiger partial charge on any atom is 0.226 e. The van der Waals surface area contributed by atoms with Gasteiger partial charge in [-0.25, -0.2) is 4.98 Å². The van der Waals surface area contributed by atoms with Crippen molar-refractivity contribution in [2.75, 3.05) is 24.7 Å². The smallest absolute Gasteiger partial charge is 0.226 e. The number of nitrogens with zero attached hydrogens (tertiary/aromatic N) is 5. The van der Waals surface area contributed by atoms with E-state index in [1.165, 1.54) is 0 Å². The lowest BCUT2D eigenvalue weighted by Crippen LogP contribution is -2.44. The molecule has 1 aliphatic heterocycles. The van der Waals surface area contributed by atoms with E-state index in [0.29, 0.717) is 13.2 Å². The Balaban J connectivity index is 2.14. The zero-order chi connectivity index (χ0) is 13.4. The molecular weight excluding hydrogens is 266 g/mol. The van der Waals surface area contributed by atoms with Gasteiger partial charge in [-0.3, -0.25) is 0 Å². The number of halogens is 1. The van der Waals surface area contributed by atoms with Crippen molar-refractivity contribution in [3.8, 4) is 0 Å². The normalized spacial score (nSPS) is 20.2. The minimum atomic E-state index is 0.259. The van der Waals surface area contributed by atoms with Crippen LogP contribution in [-0.4, -0.2) is 45.3 Å². The number of hydrogen-bond acceptors (Lipinski definition) is 5. The van der Waals surface area contributed by atoms with Crippen LogP contribution in [0.4, 0.5) is 5.82 Å². The summed E-state index contributed by atoms with van der Waals surface area (Å²) in [6.07, 6.45) is 1.78. The molecule has 102 valence electrons. The third kappa shape index (κ3) is 2.15. The van der Waals surface area contributed by atoms with Crippen molar-refractivity contribution in [3.63, 3.8) is 0 Å². The van der Waals surface area contributed by atoms with Crippen LogP contribution in [0.1, 0.15) is 13.8 Å². The average molecular weight is 282 g/mol. The molecule has 1 saturated heterocycles. The lowest BCUT2D eigenvalue weighted by Gasteiger charge is -2.34. The van der Waals surface area contributed by atoms with Gasteiger partial charge in [-0.15, -0.1) is 0 Å². The first-order valence-electron chi connectivity index (χ1n) is 6.43. The van der Waals surface area contributed by atoms with Gasteiger partial charge >= 0.3 is 0 Å². The number of ether oxygens (including phenoxy) is 1. The Morgan fingerprint density at radius 1 is 1.47 bits per heavy atom. The summed E-state index contributed by atoms with van der Waals surface area (Å²) in [5.74, 6) is 0.804.